The molecule has 3 atom stereocenters. The van der Waals surface area contributed by atoms with Crippen molar-refractivity contribution >= 4 is 23.4 Å². The zero-order chi connectivity index (χ0) is 28.7. The lowest BCUT2D eigenvalue weighted by Crippen LogP contribution is -2.53. The van der Waals surface area contributed by atoms with E-state index in [-0.39, 0.29) is 29.6 Å². The highest BCUT2D eigenvalue weighted by Gasteiger charge is 2.43. The van der Waals surface area contributed by atoms with Crippen molar-refractivity contribution < 1.29 is 19.2 Å². The number of carbonyl (C=O) groups excluding carboxylic acids is 4. The van der Waals surface area contributed by atoms with Crippen LogP contribution in [0, 0.1) is 0 Å². The highest BCUT2D eigenvalue weighted by molar-refractivity contribution is 6.25. The summed E-state index contributed by atoms with van der Waals surface area (Å²) in [5.41, 5.74) is 9.34. The van der Waals surface area contributed by atoms with Crippen LogP contribution < -0.4 is 16.4 Å². The third kappa shape index (κ3) is 5.18. The molecular formula is C31H32N6O4. The normalized spacial score (nSPS) is 19.0. The van der Waals surface area contributed by atoms with Crippen molar-refractivity contribution in [2.45, 2.75) is 50.9 Å². The van der Waals surface area contributed by atoms with E-state index in [1.54, 1.807) is 11.5 Å². The molecule has 2 aromatic carbocycles. The smallest absolute Gasteiger partial charge is 0.243 e. The first-order valence-electron chi connectivity index (χ1n) is 13.9. The average Bonchev–Trinajstić information content (AvgIpc) is 3.62. The van der Waals surface area contributed by atoms with Gasteiger partial charge in [0.15, 0.2) is 0 Å². The molecule has 1 aliphatic carbocycles. The molecule has 1 aromatic heterocycles. The van der Waals surface area contributed by atoms with Gasteiger partial charge >= 0.3 is 0 Å². The number of hydrogen-bond acceptors (Lipinski definition) is 7. The molecule has 0 bridgehead atoms. The number of hydrogen-bond donors (Lipinski definition) is 3. The van der Waals surface area contributed by atoms with Gasteiger partial charge in [-0.15, -0.1) is 0 Å². The minimum absolute atomic E-state index is 0.150. The fourth-order valence-corrected chi connectivity index (χ4v) is 5.67. The zero-order valence-electron chi connectivity index (χ0n) is 22.8. The lowest BCUT2D eigenvalue weighted by Gasteiger charge is -2.22. The highest BCUT2D eigenvalue weighted by Crippen LogP contribution is 2.36. The van der Waals surface area contributed by atoms with E-state index in [2.05, 4.69) is 15.6 Å². The Labute approximate surface area is 237 Å². The van der Waals surface area contributed by atoms with Crippen molar-refractivity contribution in [3.05, 3.63) is 100 Å². The molecule has 10 heteroatoms. The first-order valence-corrected chi connectivity index (χ1v) is 13.9. The van der Waals surface area contributed by atoms with Crippen LogP contribution in [-0.2, 0) is 29.0 Å². The summed E-state index contributed by atoms with van der Waals surface area (Å²) < 4.78 is 1.75. The van der Waals surface area contributed by atoms with E-state index >= 15 is 0 Å². The lowest BCUT2D eigenvalue weighted by atomic mass is 9.95. The standard InChI is InChI=1S/C31H32N6O4/c1-18-25(36-14-15-36)28(39)24-26(27(18)38)37-13-12-22(29(37)35-24)33-31(41)23(17-20-10-6-3-7-11-20)34-30(40)21(32)16-19-8-4-2-5-9-19/h2-11,21-23H,12-17,32H2,1H3,(H,33,41)(H,34,40)/t21-,22+,23+/m1/s1. The largest absolute Gasteiger partial charge is 0.364 e. The third-order valence-corrected chi connectivity index (χ3v) is 7.92. The van der Waals surface area contributed by atoms with Gasteiger partial charge in [0.25, 0.3) is 0 Å². The van der Waals surface area contributed by atoms with E-state index in [0.29, 0.717) is 42.2 Å². The molecule has 3 aliphatic rings. The second-order valence-corrected chi connectivity index (χ2v) is 10.8. The predicted molar refractivity (Wildman–Crippen MR) is 151 cm³/mol. The number of nitrogens with zero attached hydrogens (tertiary/aromatic N) is 3. The van der Waals surface area contributed by atoms with E-state index in [1.165, 1.54) is 0 Å². The number of Topliss-reactive ketones (excluding diaryl/α,β-unsaturated/α-hetero) is 2. The number of allylic oxidation sites excluding steroid dienone is 2. The van der Waals surface area contributed by atoms with E-state index < -0.39 is 24.0 Å². The molecule has 41 heavy (non-hydrogen) atoms. The van der Waals surface area contributed by atoms with Crippen molar-refractivity contribution in [1.82, 2.24) is 25.1 Å². The molecule has 1 fully saturated rings. The lowest BCUT2D eigenvalue weighted by molar-refractivity contribution is -0.130. The van der Waals surface area contributed by atoms with Crippen LogP contribution in [-0.4, -0.2) is 63.0 Å². The van der Waals surface area contributed by atoms with Crippen molar-refractivity contribution in [3.63, 3.8) is 0 Å². The van der Waals surface area contributed by atoms with Crippen LogP contribution in [0.15, 0.2) is 71.9 Å². The Hall–Kier alpha value is -4.57. The Morgan fingerprint density at radius 1 is 0.927 bits per heavy atom. The molecule has 2 amide bonds. The third-order valence-electron chi connectivity index (χ3n) is 7.92. The summed E-state index contributed by atoms with van der Waals surface area (Å²) in [5, 5.41) is 5.87. The molecule has 4 N–H and O–H groups in total. The monoisotopic (exact) mass is 552 g/mol. The van der Waals surface area contributed by atoms with E-state index in [0.717, 1.165) is 24.2 Å². The van der Waals surface area contributed by atoms with E-state index in [4.69, 9.17) is 5.73 Å². The number of fused-ring (bicyclic) bond motifs is 3. The number of imidazole rings is 1. The van der Waals surface area contributed by atoms with Crippen molar-refractivity contribution in [2.75, 3.05) is 13.1 Å². The van der Waals surface area contributed by atoms with Crippen LogP contribution in [0.25, 0.3) is 0 Å². The van der Waals surface area contributed by atoms with Crippen molar-refractivity contribution in [1.29, 1.82) is 0 Å². The van der Waals surface area contributed by atoms with Crippen LogP contribution in [0.1, 0.15) is 57.3 Å². The summed E-state index contributed by atoms with van der Waals surface area (Å²) >= 11 is 0. The molecule has 2 aliphatic heterocycles. The van der Waals surface area contributed by atoms with Gasteiger partial charge in [-0.05, 0) is 30.9 Å². The molecule has 6 rings (SSSR count). The van der Waals surface area contributed by atoms with Crippen LogP contribution >= 0.6 is 0 Å². The molecule has 210 valence electrons. The molecule has 0 unspecified atom stereocenters. The van der Waals surface area contributed by atoms with Crippen LogP contribution in [0.3, 0.4) is 0 Å². The van der Waals surface area contributed by atoms with Crippen molar-refractivity contribution in [3.8, 4) is 0 Å². The minimum Gasteiger partial charge on any atom is -0.364 e. The zero-order valence-corrected chi connectivity index (χ0v) is 22.8. The Morgan fingerprint density at radius 3 is 2.20 bits per heavy atom. The summed E-state index contributed by atoms with van der Waals surface area (Å²) in [5.74, 6) is -0.772. The average molecular weight is 553 g/mol. The van der Waals surface area contributed by atoms with Gasteiger partial charge in [-0.1, -0.05) is 60.7 Å². The molecule has 1 saturated heterocycles. The van der Waals surface area contributed by atoms with E-state index in [1.807, 2.05) is 65.6 Å². The fraction of sp³-hybridized carbons (Fsp3) is 0.323. The number of amides is 2. The van der Waals surface area contributed by atoms with Crippen molar-refractivity contribution in [2.24, 2.45) is 5.73 Å². The van der Waals surface area contributed by atoms with Gasteiger partial charge in [0.2, 0.25) is 23.4 Å². The molecule has 0 spiro atoms. The second-order valence-electron chi connectivity index (χ2n) is 10.8. The first-order chi connectivity index (χ1) is 19.8. The van der Waals surface area contributed by atoms with Gasteiger partial charge in [-0.2, -0.15) is 0 Å². The maximum Gasteiger partial charge on any atom is 0.243 e. The number of rotatable bonds is 9. The highest BCUT2D eigenvalue weighted by atomic mass is 16.2. The summed E-state index contributed by atoms with van der Waals surface area (Å²) in [6.07, 6.45) is 1.13. The van der Waals surface area contributed by atoms with E-state index in [9.17, 15) is 19.2 Å². The van der Waals surface area contributed by atoms with Gasteiger partial charge in [0.05, 0.1) is 17.8 Å². The molecular weight excluding hydrogens is 520 g/mol. The van der Waals surface area contributed by atoms with Gasteiger partial charge in [-0.3, -0.25) is 19.2 Å². The predicted octanol–water partition coefficient (Wildman–Crippen LogP) is 1.71. The maximum atomic E-state index is 13.7. The number of nitrogens with one attached hydrogen (secondary N) is 2. The number of benzene rings is 2. The molecule has 3 aromatic rings. The Balaban J connectivity index is 1.20. The number of carbonyl (C=O) groups is 4. The minimum atomic E-state index is -0.883. The van der Waals surface area contributed by atoms with Gasteiger partial charge < -0.3 is 25.8 Å². The Kier molecular flexibility index (Phi) is 7.00. The van der Waals surface area contributed by atoms with Crippen LogP contribution in [0.2, 0.25) is 0 Å². The summed E-state index contributed by atoms with van der Waals surface area (Å²) in [6.45, 7) is 3.63. The molecule has 10 nitrogen and oxygen atoms in total. The Bertz CT molecular complexity index is 1560. The summed E-state index contributed by atoms with van der Waals surface area (Å²) in [7, 11) is 0. The maximum absolute atomic E-state index is 13.7. The quantitative estimate of drug-likeness (QED) is 0.344. The topological polar surface area (TPSA) is 139 Å². The summed E-state index contributed by atoms with van der Waals surface area (Å²) in [6, 6.07) is 16.7. The van der Waals surface area contributed by atoms with Gasteiger partial charge in [-0.25, -0.2) is 4.98 Å². The summed E-state index contributed by atoms with van der Waals surface area (Å²) in [4.78, 5) is 59.7. The SMILES string of the molecule is CC1=C(N2CC2)C(=O)c2nc3n(c2C1=O)CC[C@@H]3NC(=O)[C@H](Cc1ccccc1)NC(=O)[C@H](N)Cc1ccccc1. The van der Waals surface area contributed by atoms with Gasteiger partial charge in [0, 0.05) is 31.6 Å². The Morgan fingerprint density at radius 2 is 1.56 bits per heavy atom. The second kappa shape index (κ2) is 10.8. The first kappa shape index (κ1) is 26.6. The fourth-order valence-electron chi connectivity index (χ4n) is 5.67. The molecule has 0 radical (unpaired) electrons. The van der Waals surface area contributed by atoms with Crippen LogP contribution in [0.4, 0.5) is 0 Å². The van der Waals surface area contributed by atoms with Gasteiger partial charge in [0.1, 0.15) is 23.3 Å². The van der Waals surface area contributed by atoms with Crippen LogP contribution in [0.5, 0.6) is 0 Å². The molecule has 3 heterocycles. The molecule has 0 saturated carbocycles. The number of nitrogens with two attached hydrogens (primary N) is 1. The number of ketones is 2. The number of aromatic nitrogens is 2.